The van der Waals surface area contributed by atoms with Gasteiger partial charge in [0.25, 0.3) is 0 Å². The van der Waals surface area contributed by atoms with Crippen LogP contribution in [0.3, 0.4) is 0 Å². The Morgan fingerprint density at radius 3 is 2.50 bits per heavy atom. The summed E-state index contributed by atoms with van der Waals surface area (Å²) in [6.45, 7) is 0. The van der Waals surface area contributed by atoms with Crippen LogP contribution in [0.2, 0.25) is 0 Å². The number of benzene rings is 1. The molecule has 3 nitrogen and oxygen atoms in total. The van der Waals surface area contributed by atoms with Gasteiger partial charge < -0.3 is 4.90 Å². The minimum Gasteiger partial charge on any atom is -0.329 e. The van der Waals surface area contributed by atoms with Crippen molar-refractivity contribution >= 4 is 22.4 Å². The molecule has 1 aromatic carbocycles. The van der Waals surface area contributed by atoms with Gasteiger partial charge >= 0.3 is 0 Å². The number of aromatic nitrogens is 2. The van der Waals surface area contributed by atoms with Crippen molar-refractivity contribution in [2.75, 3.05) is 11.9 Å². The van der Waals surface area contributed by atoms with E-state index in [0.29, 0.717) is 0 Å². The molecule has 0 fully saturated rings. The lowest BCUT2D eigenvalue weighted by atomic mass is 10.2. The predicted octanol–water partition coefficient (Wildman–Crippen LogP) is 3.40. The second-order valence-electron chi connectivity index (χ2n) is 4.13. The second kappa shape index (κ2) is 4.45. The SMILES string of the molecule is CN(c1ccncc1)c1ccc2ccccc2n1. The first-order chi connectivity index (χ1) is 8.84. The first-order valence-electron chi connectivity index (χ1n) is 5.84. The number of para-hydroxylation sites is 1. The number of nitrogens with zero attached hydrogens (tertiary/aromatic N) is 3. The van der Waals surface area contributed by atoms with Crippen molar-refractivity contribution in [1.82, 2.24) is 9.97 Å². The molecule has 0 aliphatic heterocycles. The minimum atomic E-state index is 0.930. The summed E-state index contributed by atoms with van der Waals surface area (Å²) in [6.07, 6.45) is 3.57. The molecule has 0 bridgehead atoms. The predicted molar refractivity (Wildman–Crippen MR) is 74.0 cm³/mol. The zero-order chi connectivity index (χ0) is 12.4. The van der Waals surface area contributed by atoms with Gasteiger partial charge in [-0.1, -0.05) is 18.2 Å². The van der Waals surface area contributed by atoms with Gasteiger partial charge in [0.15, 0.2) is 0 Å². The third-order valence-electron chi connectivity index (χ3n) is 2.98. The van der Waals surface area contributed by atoms with Crippen molar-refractivity contribution in [1.29, 1.82) is 0 Å². The average molecular weight is 235 g/mol. The van der Waals surface area contributed by atoms with E-state index >= 15 is 0 Å². The minimum absolute atomic E-state index is 0.930. The molecule has 18 heavy (non-hydrogen) atoms. The molecule has 0 radical (unpaired) electrons. The van der Waals surface area contributed by atoms with E-state index in [1.807, 2.05) is 48.3 Å². The van der Waals surface area contributed by atoms with Gasteiger partial charge in [-0.3, -0.25) is 4.98 Å². The van der Waals surface area contributed by atoms with E-state index in [1.54, 1.807) is 12.4 Å². The van der Waals surface area contributed by atoms with Crippen molar-refractivity contribution in [3.05, 3.63) is 60.9 Å². The van der Waals surface area contributed by atoms with Crippen molar-refractivity contribution in [2.24, 2.45) is 0 Å². The zero-order valence-electron chi connectivity index (χ0n) is 10.1. The fourth-order valence-electron chi connectivity index (χ4n) is 1.94. The van der Waals surface area contributed by atoms with Crippen LogP contribution in [-0.4, -0.2) is 17.0 Å². The van der Waals surface area contributed by atoms with Gasteiger partial charge in [0.2, 0.25) is 0 Å². The lowest BCUT2D eigenvalue weighted by Gasteiger charge is -2.18. The van der Waals surface area contributed by atoms with Crippen LogP contribution in [0.4, 0.5) is 11.5 Å². The molecule has 2 aromatic heterocycles. The number of anilines is 2. The van der Waals surface area contributed by atoms with Gasteiger partial charge in [0.1, 0.15) is 5.82 Å². The van der Waals surface area contributed by atoms with E-state index in [1.165, 1.54) is 0 Å². The van der Waals surface area contributed by atoms with Crippen LogP contribution < -0.4 is 4.90 Å². The number of fused-ring (bicyclic) bond motifs is 1. The second-order valence-corrected chi connectivity index (χ2v) is 4.13. The van der Waals surface area contributed by atoms with Gasteiger partial charge in [0, 0.05) is 30.5 Å². The van der Waals surface area contributed by atoms with Crippen LogP contribution in [0.15, 0.2) is 60.9 Å². The molecule has 3 rings (SSSR count). The van der Waals surface area contributed by atoms with Crippen LogP contribution in [-0.2, 0) is 0 Å². The summed E-state index contributed by atoms with van der Waals surface area (Å²) in [5, 5.41) is 1.16. The molecule has 3 heteroatoms. The molecule has 2 heterocycles. The lowest BCUT2D eigenvalue weighted by molar-refractivity contribution is 1.14. The van der Waals surface area contributed by atoms with Crippen LogP contribution in [0.25, 0.3) is 10.9 Å². The number of hydrogen-bond acceptors (Lipinski definition) is 3. The summed E-state index contributed by atoms with van der Waals surface area (Å²) < 4.78 is 0. The van der Waals surface area contributed by atoms with Crippen LogP contribution in [0, 0.1) is 0 Å². The molecule has 0 aliphatic rings. The molecular formula is C15H13N3. The smallest absolute Gasteiger partial charge is 0.133 e. The summed E-state index contributed by atoms with van der Waals surface area (Å²) >= 11 is 0. The van der Waals surface area contributed by atoms with Gasteiger partial charge in [-0.15, -0.1) is 0 Å². The van der Waals surface area contributed by atoms with Crippen LogP contribution in [0.1, 0.15) is 0 Å². The van der Waals surface area contributed by atoms with Gasteiger partial charge in [-0.2, -0.15) is 0 Å². The van der Waals surface area contributed by atoms with Crippen LogP contribution >= 0.6 is 0 Å². The highest BCUT2D eigenvalue weighted by Crippen LogP contribution is 2.23. The van der Waals surface area contributed by atoms with Gasteiger partial charge in [0.05, 0.1) is 5.52 Å². The average Bonchev–Trinajstić information content (AvgIpc) is 2.47. The third-order valence-corrected chi connectivity index (χ3v) is 2.98. The third kappa shape index (κ3) is 1.91. The summed E-state index contributed by atoms with van der Waals surface area (Å²) in [5.74, 6) is 0.930. The number of hydrogen-bond donors (Lipinski definition) is 0. The zero-order valence-corrected chi connectivity index (χ0v) is 10.1. The standard InChI is InChI=1S/C15H13N3/c1-18(13-8-10-16-11-9-13)15-7-6-12-4-2-3-5-14(12)17-15/h2-11H,1H3. The molecule has 0 unspecified atom stereocenters. The summed E-state index contributed by atoms with van der Waals surface area (Å²) in [6, 6.07) is 16.2. The molecule has 0 saturated heterocycles. The molecule has 0 aliphatic carbocycles. The van der Waals surface area contributed by atoms with Crippen molar-refractivity contribution < 1.29 is 0 Å². The van der Waals surface area contributed by atoms with Gasteiger partial charge in [-0.05, 0) is 30.3 Å². The van der Waals surface area contributed by atoms with Gasteiger partial charge in [-0.25, -0.2) is 4.98 Å². The molecule has 0 N–H and O–H groups in total. The van der Waals surface area contributed by atoms with Crippen molar-refractivity contribution in [3.8, 4) is 0 Å². The monoisotopic (exact) mass is 235 g/mol. The number of rotatable bonds is 2. The maximum atomic E-state index is 4.66. The van der Waals surface area contributed by atoms with E-state index in [-0.39, 0.29) is 0 Å². The Balaban J connectivity index is 2.04. The Morgan fingerprint density at radius 2 is 1.67 bits per heavy atom. The molecular weight excluding hydrogens is 222 g/mol. The topological polar surface area (TPSA) is 29.0 Å². The maximum Gasteiger partial charge on any atom is 0.133 e. The Labute approximate surface area is 106 Å². The van der Waals surface area contributed by atoms with E-state index in [4.69, 9.17) is 0 Å². The molecule has 3 aromatic rings. The number of pyridine rings is 2. The van der Waals surface area contributed by atoms with Crippen molar-refractivity contribution in [2.45, 2.75) is 0 Å². The quantitative estimate of drug-likeness (QED) is 0.681. The van der Waals surface area contributed by atoms with E-state index < -0.39 is 0 Å². The summed E-state index contributed by atoms with van der Waals surface area (Å²) in [4.78, 5) is 10.7. The molecule has 88 valence electrons. The van der Waals surface area contributed by atoms with E-state index in [9.17, 15) is 0 Å². The maximum absolute atomic E-state index is 4.66. The molecule has 0 atom stereocenters. The fourth-order valence-corrected chi connectivity index (χ4v) is 1.94. The highest BCUT2D eigenvalue weighted by molar-refractivity contribution is 5.80. The largest absolute Gasteiger partial charge is 0.329 e. The molecule has 0 amide bonds. The van der Waals surface area contributed by atoms with Crippen LogP contribution in [0.5, 0.6) is 0 Å². The first kappa shape index (κ1) is 10.7. The van der Waals surface area contributed by atoms with E-state index in [0.717, 1.165) is 22.4 Å². The first-order valence-corrected chi connectivity index (χ1v) is 5.84. The Morgan fingerprint density at radius 1 is 0.889 bits per heavy atom. The Hall–Kier alpha value is -2.42. The highest BCUT2D eigenvalue weighted by Gasteiger charge is 2.05. The van der Waals surface area contributed by atoms with Crippen molar-refractivity contribution in [3.63, 3.8) is 0 Å². The molecule has 0 spiro atoms. The lowest BCUT2D eigenvalue weighted by Crippen LogP contribution is -2.10. The Kier molecular flexibility index (Phi) is 2.65. The van der Waals surface area contributed by atoms with E-state index in [2.05, 4.69) is 22.1 Å². The normalized spacial score (nSPS) is 10.5. The molecule has 0 saturated carbocycles. The fraction of sp³-hybridized carbons (Fsp3) is 0.0667. The summed E-state index contributed by atoms with van der Waals surface area (Å²) in [5.41, 5.74) is 2.09. The summed E-state index contributed by atoms with van der Waals surface area (Å²) in [7, 11) is 2.01. The Bertz CT molecular complexity index is 665. The highest BCUT2D eigenvalue weighted by atomic mass is 15.2.